The van der Waals surface area contributed by atoms with Gasteiger partial charge in [-0.05, 0) is 23.4 Å². The maximum Gasteiger partial charge on any atom is 0.198 e. The molecule has 1 aromatic carbocycles. The third-order valence-electron chi connectivity index (χ3n) is 2.41. The summed E-state index contributed by atoms with van der Waals surface area (Å²) in [5.74, 6) is 0.0630. The van der Waals surface area contributed by atoms with E-state index in [1.54, 1.807) is 0 Å². The van der Waals surface area contributed by atoms with E-state index < -0.39 is 0 Å². The molecule has 0 spiro atoms. The lowest BCUT2D eigenvalue weighted by Gasteiger charge is -2.02. The van der Waals surface area contributed by atoms with Gasteiger partial charge in [-0.25, -0.2) is 0 Å². The highest BCUT2D eigenvalue weighted by Gasteiger charge is 2.06. The number of ether oxygens (including phenoxy) is 1. The third-order valence-corrected chi connectivity index (χ3v) is 3.32. The highest BCUT2D eigenvalue weighted by molar-refractivity contribution is 7.12. The van der Waals surface area contributed by atoms with Crippen LogP contribution < -0.4 is 0 Å². The van der Waals surface area contributed by atoms with Gasteiger partial charge in [0.05, 0.1) is 11.5 Å². The number of hydrogen-bond donors (Lipinski definition) is 0. The Morgan fingerprint density at radius 1 is 1.12 bits per heavy atom. The van der Waals surface area contributed by atoms with Gasteiger partial charge in [0.1, 0.15) is 6.61 Å². The van der Waals surface area contributed by atoms with Crippen molar-refractivity contribution in [2.24, 2.45) is 0 Å². The van der Waals surface area contributed by atoms with Crippen molar-refractivity contribution >= 4 is 17.1 Å². The first kappa shape index (κ1) is 12.0. The highest BCUT2D eigenvalue weighted by Crippen LogP contribution is 2.09. The number of Topliss-reactive ketones (excluding diaryl/α,β-unsaturated/α-hetero) is 1. The number of carbonyl (C=O) groups is 1. The maximum absolute atomic E-state index is 11.6. The summed E-state index contributed by atoms with van der Waals surface area (Å²) < 4.78 is 5.38. The zero-order chi connectivity index (χ0) is 11.9. The molecule has 0 aliphatic carbocycles. The van der Waals surface area contributed by atoms with E-state index in [9.17, 15) is 4.79 Å². The molecule has 1 aromatic heterocycles. The molecule has 0 atom stereocenters. The molecule has 0 saturated heterocycles. The summed E-state index contributed by atoms with van der Waals surface area (Å²) in [7, 11) is 0. The molecule has 0 saturated carbocycles. The normalized spacial score (nSPS) is 10.4. The van der Waals surface area contributed by atoms with Crippen LogP contribution in [0.2, 0.25) is 0 Å². The van der Waals surface area contributed by atoms with Crippen molar-refractivity contribution in [3.8, 4) is 0 Å². The Balaban J connectivity index is 1.69. The average molecular weight is 246 g/mol. The minimum Gasteiger partial charge on any atom is -0.373 e. The van der Waals surface area contributed by atoms with Gasteiger partial charge in [0.2, 0.25) is 0 Å². The molecule has 2 rings (SSSR count). The van der Waals surface area contributed by atoms with E-state index in [-0.39, 0.29) is 12.4 Å². The Labute approximate surface area is 105 Å². The second-order valence-electron chi connectivity index (χ2n) is 3.69. The number of thiophene rings is 1. The largest absolute Gasteiger partial charge is 0.373 e. The van der Waals surface area contributed by atoms with Crippen LogP contribution in [0.25, 0.3) is 0 Å². The van der Waals surface area contributed by atoms with Crippen molar-refractivity contribution < 1.29 is 9.53 Å². The van der Waals surface area contributed by atoms with Crippen molar-refractivity contribution in [1.29, 1.82) is 0 Å². The van der Waals surface area contributed by atoms with E-state index in [0.29, 0.717) is 6.61 Å². The van der Waals surface area contributed by atoms with Crippen LogP contribution in [0.1, 0.15) is 15.2 Å². The summed E-state index contributed by atoms with van der Waals surface area (Å²) in [5, 5.41) is 1.90. The van der Waals surface area contributed by atoms with Crippen molar-refractivity contribution in [2.45, 2.75) is 6.42 Å². The fraction of sp³-hybridized carbons (Fsp3) is 0.214. The molecular weight excluding hydrogens is 232 g/mol. The van der Waals surface area contributed by atoms with Gasteiger partial charge in [0.25, 0.3) is 0 Å². The van der Waals surface area contributed by atoms with Gasteiger partial charge in [-0.1, -0.05) is 36.4 Å². The molecular formula is C14H14O2S. The van der Waals surface area contributed by atoms with Crippen molar-refractivity contribution in [2.75, 3.05) is 13.2 Å². The molecule has 0 amide bonds. The van der Waals surface area contributed by atoms with Crippen LogP contribution in [0.4, 0.5) is 0 Å². The predicted octanol–water partition coefficient (Wildman–Crippen LogP) is 3.19. The molecule has 0 radical (unpaired) electrons. The van der Waals surface area contributed by atoms with Crippen LogP contribution in [0.15, 0.2) is 47.8 Å². The highest BCUT2D eigenvalue weighted by atomic mass is 32.1. The van der Waals surface area contributed by atoms with Crippen LogP contribution in [0.5, 0.6) is 0 Å². The van der Waals surface area contributed by atoms with Crippen molar-refractivity contribution in [1.82, 2.24) is 0 Å². The summed E-state index contributed by atoms with van der Waals surface area (Å²) in [5.41, 5.74) is 1.23. The molecule has 0 fully saturated rings. The first-order chi connectivity index (χ1) is 8.36. The predicted molar refractivity (Wildman–Crippen MR) is 69.6 cm³/mol. The monoisotopic (exact) mass is 246 g/mol. The third kappa shape index (κ3) is 3.80. The van der Waals surface area contributed by atoms with Crippen LogP contribution >= 0.6 is 11.3 Å². The zero-order valence-corrected chi connectivity index (χ0v) is 10.3. The lowest BCUT2D eigenvalue weighted by Crippen LogP contribution is -2.09. The molecule has 2 nitrogen and oxygen atoms in total. The fourth-order valence-electron chi connectivity index (χ4n) is 1.51. The van der Waals surface area contributed by atoms with Gasteiger partial charge in [-0.15, -0.1) is 11.3 Å². The number of ketones is 1. The lowest BCUT2D eigenvalue weighted by atomic mass is 10.2. The minimum atomic E-state index is 0.0630. The van der Waals surface area contributed by atoms with Gasteiger partial charge >= 0.3 is 0 Å². The van der Waals surface area contributed by atoms with Gasteiger partial charge < -0.3 is 4.74 Å². The standard InChI is InChI=1S/C14H14O2S/c15-13(14-7-4-10-17-14)11-16-9-8-12-5-2-1-3-6-12/h1-7,10H,8-9,11H2. The lowest BCUT2D eigenvalue weighted by molar-refractivity contribution is 0.0769. The Bertz CT molecular complexity index is 448. The van der Waals surface area contributed by atoms with E-state index in [1.165, 1.54) is 16.9 Å². The molecule has 0 unspecified atom stereocenters. The summed E-state index contributed by atoms with van der Waals surface area (Å²) in [6, 6.07) is 13.8. The molecule has 2 aromatic rings. The van der Waals surface area contributed by atoms with E-state index in [0.717, 1.165) is 11.3 Å². The first-order valence-corrected chi connectivity index (χ1v) is 6.42. The molecule has 0 aliphatic heterocycles. The van der Waals surface area contributed by atoms with E-state index in [4.69, 9.17) is 4.74 Å². The average Bonchev–Trinajstić information content (AvgIpc) is 2.89. The van der Waals surface area contributed by atoms with Gasteiger partial charge in [0.15, 0.2) is 5.78 Å². The number of hydrogen-bond acceptors (Lipinski definition) is 3. The van der Waals surface area contributed by atoms with Crippen molar-refractivity contribution in [3.63, 3.8) is 0 Å². The Morgan fingerprint density at radius 2 is 1.94 bits per heavy atom. The molecule has 88 valence electrons. The fourth-order valence-corrected chi connectivity index (χ4v) is 2.16. The summed E-state index contributed by atoms with van der Waals surface area (Å²) >= 11 is 1.46. The van der Waals surface area contributed by atoms with Gasteiger partial charge in [-0.3, -0.25) is 4.79 Å². The Hall–Kier alpha value is -1.45. The van der Waals surface area contributed by atoms with E-state index in [2.05, 4.69) is 12.1 Å². The number of carbonyl (C=O) groups excluding carboxylic acids is 1. The van der Waals surface area contributed by atoms with Gasteiger partial charge in [0, 0.05) is 0 Å². The second kappa shape index (κ2) is 6.33. The van der Waals surface area contributed by atoms with Gasteiger partial charge in [-0.2, -0.15) is 0 Å². The Kier molecular flexibility index (Phi) is 4.47. The quantitative estimate of drug-likeness (QED) is 0.578. The molecule has 3 heteroatoms. The molecule has 0 bridgehead atoms. The van der Waals surface area contributed by atoms with Crippen LogP contribution in [0, 0.1) is 0 Å². The van der Waals surface area contributed by atoms with E-state index in [1.807, 2.05) is 35.7 Å². The minimum absolute atomic E-state index is 0.0630. The zero-order valence-electron chi connectivity index (χ0n) is 9.46. The first-order valence-electron chi connectivity index (χ1n) is 5.54. The second-order valence-corrected chi connectivity index (χ2v) is 4.64. The SMILES string of the molecule is O=C(COCCc1ccccc1)c1cccs1. The topological polar surface area (TPSA) is 26.3 Å². The number of rotatable bonds is 6. The summed E-state index contributed by atoms with van der Waals surface area (Å²) in [4.78, 5) is 12.4. The van der Waals surface area contributed by atoms with Crippen molar-refractivity contribution in [3.05, 3.63) is 58.3 Å². The summed E-state index contributed by atoms with van der Waals surface area (Å²) in [6.07, 6.45) is 0.846. The van der Waals surface area contributed by atoms with Crippen LogP contribution in [-0.2, 0) is 11.2 Å². The van der Waals surface area contributed by atoms with Crippen LogP contribution in [0.3, 0.4) is 0 Å². The molecule has 0 aliphatic rings. The smallest absolute Gasteiger partial charge is 0.198 e. The van der Waals surface area contributed by atoms with Crippen LogP contribution in [-0.4, -0.2) is 19.0 Å². The molecule has 1 heterocycles. The molecule has 0 N–H and O–H groups in total. The summed E-state index contributed by atoms with van der Waals surface area (Å²) in [6.45, 7) is 0.758. The molecule has 17 heavy (non-hydrogen) atoms. The maximum atomic E-state index is 11.6. The Morgan fingerprint density at radius 3 is 2.65 bits per heavy atom. The number of benzene rings is 1. The van der Waals surface area contributed by atoms with E-state index >= 15 is 0 Å².